The third-order valence-corrected chi connectivity index (χ3v) is 6.27. The van der Waals surface area contributed by atoms with Crippen molar-refractivity contribution >= 4 is 19.8 Å². The highest BCUT2D eigenvalue weighted by Crippen LogP contribution is 2.35. The third-order valence-electron chi connectivity index (χ3n) is 5.78. The molecular weight excluding hydrogens is 483 g/mol. The molecule has 0 bridgehead atoms. The van der Waals surface area contributed by atoms with E-state index < -0.39 is 32.5 Å². The first kappa shape index (κ1) is 34.8. The smallest absolute Gasteiger partial charge is 0.462 e. The first-order valence-corrected chi connectivity index (χ1v) is 15.5. The summed E-state index contributed by atoms with van der Waals surface area (Å²) in [6, 6.07) is 0. The summed E-state index contributed by atoms with van der Waals surface area (Å²) < 4.78 is 26.0. The second-order valence-electron chi connectivity index (χ2n) is 9.37. The number of carbonyl (C=O) groups is 2. The second kappa shape index (κ2) is 24.1. The highest BCUT2D eigenvalue weighted by Gasteiger charge is 2.22. The lowest BCUT2D eigenvalue weighted by atomic mass is 10.1. The van der Waals surface area contributed by atoms with Crippen LogP contribution in [-0.2, 0) is 28.2 Å². The van der Waals surface area contributed by atoms with Crippen LogP contribution in [0.15, 0.2) is 12.2 Å². The molecule has 36 heavy (non-hydrogen) atoms. The molecule has 0 fully saturated rings. The zero-order chi connectivity index (χ0) is 26.9. The summed E-state index contributed by atoms with van der Waals surface area (Å²) in [7, 11) is -4.73. The first-order valence-electron chi connectivity index (χ1n) is 14.0. The number of phosphoric acid groups is 1. The minimum atomic E-state index is -4.73. The quantitative estimate of drug-likeness (QED) is 0.0547. The number of carbonyl (C=O) groups excluding carboxylic acids is 2. The number of rotatable bonds is 25. The summed E-state index contributed by atoms with van der Waals surface area (Å²) in [6.45, 7) is 3.54. The lowest BCUT2D eigenvalue weighted by molar-refractivity contribution is -0.161. The van der Waals surface area contributed by atoms with Gasteiger partial charge in [-0.3, -0.25) is 14.1 Å². The van der Waals surface area contributed by atoms with Gasteiger partial charge in [0.25, 0.3) is 0 Å². The van der Waals surface area contributed by atoms with E-state index in [1.165, 1.54) is 32.1 Å². The van der Waals surface area contributed by atoms with Crippen molar-refractivity contribution in [3.63, 3.8) is 0 Å². The molecule has 0 heterocycles. The van der Waals surface area contributed by atoms with Gasteiger partial charge in [0.2, 0.25) is 0 Å². The Morgan fingerprint density at radius 3 is 1.78 bits per heavy atom. The fourth-order valence-corrected chi connectivity index (χ4v) is 4.01. The number of ether oxygens (including phenoxy) is 2. The Bertz CT molecular complexity index is 617. The molecule has 0 unspecified atom stereocenters. The Hall–Kier alpha value is -1.21. The molecule has 0 radical (unpaired) electrons. The van der Waals surface area contributed by atoms with E-state index in [0.29, 0.717) is 6.42 Å². The van der Waals surface area contributed by atoms with Crippen molar-refractivity contribution in [1.82, 2.24) is 0 Å². The highest BCUT2D eigenvalue weighted by molar-refractivity contribution is 7.46. The Labute approximate surface area is 218 Å². The molecule has 0 saturated carbocycles. The van der Waals surface area contributed by atoms with Crippen molar-refractivity contribution < 1.29 is 37.9 Å². The van der Waals surface area contributed by atoms with Crippen LogP contribution < -0.4 is 0 Å². The van der Waals surface area contributed by atoms with Crippen molar-refractivity contribution in [3.8, 4) is 0 Å². The zero-order valence-electron chi connectivity index (χ0n) is 22.7. The van der Waals surface area contributed by atoms with Crippen molar-refractivity contribution in [1.29, 1.82) is 0 Å². The second-order valence-corrected chi connectivity index (χ2v) is 10.6. The summed E-state index contributed by atoms with van der Waals surface area (Å²) in [6.07, 6.45) is 21.0. The number of esters is 2. The number of phosphoric ester groups is 1. The van der Waals surface area contributed by atoms with Gasteiger partial charge in [-0.25, -0.2) is 4.57 Å². The third kappa shape index (κ3) is 25.9. The average molecular weight is 535 g/mol. The topological polar surface area (TPSA) is 119 Å². The molecule has 0 aromatic rings. The highest BCUT2D eigenvalue weighted by atomic mass is 31.2. The summed E-state index contributed by atoms with van der Waals surface area (Å²) in [4.78, 5) is 42.1. The maximum absolute atomic E-state index is 12.2. The van der Waals surface area contributed by atoms with Crippen LogP contribution in [-0.4, -0.2) is 41.0 Å². The van der Waals surface area contributed by atoms with Crippen LogP contribution in [0.3, 0.4) is 0 Å². The molecule has 0 aliphatic carbocycles. The molecule has 8 nitrogen and oxygen atoms in total. The van der Waals surface area contributed by atoms with E-state index >= 15 is 0 Å². The first-order chi connectivity index (χ1) is 17.3. The minimum Gasteiger partial charge on any atom is -0.462 e. The van der Waals surface area contributed by atoms with E-state index in [-0.39, 0.29) is 19.4 Å². The molecule has 0 aliphatic rings. The molecule has 0 saturated heterocycles. The van der Waals surface area contributed by atoms with Gasteiger partial charge in [0.05, 0.1) is 6.61 Å². The molecule has 0 aliphatic heterocycles. The van der Waals surface area contributed by atoms with Crippen molar-refractivity contribution in [2.45, 2.75) is 136 Å². The van der Waals surface area contributed by atoms with Crippen LogP contribution >= 0.6 is 7.82 Å². The molecule has 212 valence electrons. The lowest BCUT2D eigenvalue weighted by Gasteiger charge is -2.18. The maximum atomic E-state index is 12.2. The van der Waals surface area contributed by atoms with Crippen molar-refractivity contribution in [3.05, 3.63) is 12.2 Å². The van der Waals surface area contributed by atoms with E-state index in [2.05, 4.69) is 30.5 Å². The van der Waals surface area contributed by atoms with Crippen LogP contribution in [0.2, 0.25) is 0 Å². The predicted molar refractivity (Wildman–Crippen MR) is 142 cm³/mol. The van der Waals surface area contributed by atoms with Gasteiger partial charge in [0.1, 0.15) is 6.61 Å². The van der Waals surface area contributed by atoms with Gasteiger partial charge < -0.3 is 19.3 Å². The molecule has 9 heteroatoms. The molecular formula is C27H51O8P. The average Bonchev–Trinajstić information content (AvgIpc) is 2.83. The fraction of sp³-hybridized carbons (Fsp3) is 0.852. The number of allylic oxidation sites excluding steroid dienone is 2. The van der Waals surface area contributed by atoms with Crippen molar-refractivity contribution in [2.24, 2.45) is 0 Å². The molecule has 2 N–H and O–H groups in total. The summed E-state index contributed by atoms with van der Waals surface area (Å²) in [5.41, 5.74) is 0. The van der Waals surface area contributed by atoms with Gasteiger partial charge in [0.15, 0.2) is 6.10 Å². The maximum Gasteiger partial charge on any atom is 0.469 e. The van der Waals surface area contributed by atoms with Crippen LogP contribution in [0.25, 0.3) is 0 Å². The monoisotopic (exact) mass is 534 g/mol. The number of unbranched alkanes of at least 4 members (excludes halogenated alkanes) is 13. The van der Waals surface area contributed by atoms with Crippen LogP contribution in [0.1, 0.15) is 129 Å². The molecule has 0 aromatic heterocycles. The SMILES string of the molecule is CCCC/C=C/CCCCCCCC(=O)O[C@H](COC(=O)CCCCCCCCC)COP(=O)(O)O. The normalized spacial score (nSPS) is 12.7. The molecule has 1 atom stereocenters. The fourth-order valence-electron chi connectivity index (χ4n) is 3.65. The van der Waals surface area contributed by atoms with E-state index in [0.717, 1.165) is 64.2 Å². The molecule has 0 spiro atoms. The molecule has 0 amide bonds. The van der Waals surface area contributed by atoms with E-state index in [1.54, 1.807) is 0 Å². The Morgan fingerprint density at radius 1 is 0.694 bits per heavy atom. The molecule has 0 rings (SSSR count). The summed E-state index contributed by atoms with van der Waals surface area (Å²) in [5, 5.41) is 0. The van der Waals surface area contributed by atoms with Gasteiger partial charge >= 0.3 is 19.8 Å². The van der Waals surface area contributed by atoms with Gasteiger partial charge in [-0.1, -0.05) is 96.6 Å². The van der Waals surface area contributed by atoms with Gasteiger partial charge in [-0.2, -0.15) is 0 Å². The summed E-state index contributed by atoms with van der Waals surface area (Å²) in [5.74, 6) is -0.905. The van der Waals surface area contributed by atoms with Crippen LogP contribution in [0, 0.1) is 0 Å². The van der Waals surface area contributed by atoms with Crippen molar-refractivity contribution in [2.75, 3.05) is 13.2 Å². The van der Waals surface area contributed by atoms with E-state index in [1.807, 2.05) is 0 Å². The predicted octanol–water partition coefficient (Wildman–Crippen LogP) is 7.17. The zero-order valence-corrected chi connectivity index (χ0v) is 23.6. The van der Waals surface area contributed by atoms with Crippen LogP contribution in [0.5, 0.6) is 0 Å². The number of hydrogen-bond acceptors (Lipinski definition) is 6. The lowest BCUT2D eigenvalue weighted by Crippen LogP contribution is -2.29. The number of hydrogen-bond donors (Lipinski definition) is 2. The summed E-state index contributed by atoms with van der Waals surface area (Å²) >= 11 is 0. The van der Waals surface area contributed by atoms with Gasteiger partial charge in [-0.15, -0.1) is 0 Å². The van der Waals surface area contributed by atoms with Gasteiger partial charge in [-0.05, 0) is 32.1 Å². The largest absolute Gasteiger partial charge is 0.469 e. The van der Waals surface area contributed by atoms with Crippen LogP contribution in [0.4, 0.5) is 0 Å². The van der Waals surface area contributed by atoms with E-state index in [4.69, 9.17) is 19.3 Å². The Kier molecular flexibility index (Phi) is 23.3. The Morgan fingerprint density at radius 2 is 1.19 bits per heavy atom. The standard InChI is InChI=1S/C27H51O8P/c1-3-5-7-9-11-12-13-14-16-18-20-22-27(29)35-25(24-34-36(30,31)32)23-33-26(28)21-19-17-15-10-8-6-4-2/h9,11,25H,3-8,10,12-24H2,1-2H3,(H2,30,31,32)/b11-9+/t25-/m1/s1. The van der Waals surface area contributed by atoms with Gasteiger partial charge in [0, 0.05) is 12.8 Å². The Balaban J connectivity index is 4.11. The molecule has 0 aromatic carbocycles. The van der Waals surface area contributed by atoms with E-state index in [9.17, 15) is 14.2 Å². The minimum absolute atomic E-state index is 0.204.